The molecule has 16 heavy (non-hydrogen) atoms. The monoisotopic (exact) mass is 296 g/mol. The number of pyridine rings is 1. The van der Waals surface area contributed by atoms with E-state index in [4.69, 9.17) is 0 Å². The SMILES string of the molecule is O=C(NCc1ccsc1)c1ccc(Br)nc1. The molecule has 0 atom stereocenters. The number of rotatable bonds is 3. The zero-order valence-corrected chi connectivity index (χ0v) is 10.7. The van der Waals surface area contributed by atoms with Crippen LogP contribution in [-0.2, 0) is 6.54 Å². The van der Waals surface area contributed by atoms with Gasteiger partial charge in [-0.25, -0.2) is 4.98 Å². The van der Waals surface area contributed by atoms with Crippen molar-refractivity contribution in [3.8, 4) is 0 Å². The number of hydrogen-bond acceptors (Lipinski definition) is 3. The third-order valence-electron chi connectivity index (χ3n) is 2.02. The average molecular weight is 297 g/mol. The zero-order chi connectivity index (χ0) is 11.4. The Kier molecular flexibility index (Phi) is 3.69. The molecule has 2 aromatic heterocycles. The first kappa shape index (κ1) is 11.3. The Morgan fingerprint density at radius 2 is 2.31 bits per heavy atom. The summed E-state index contributed by atoms with van der Waals surface area (Å²) in [6.07, 6.45) is 1.55. The van der Waals surface area contributed by atoms with Gasteiger partial charge in [-0.3, -0.25) is 4.79 Å². The van der Waals surface area contributed by atoms with E-state index in [0.29, 0.717) is 12.1 Å². The Morgan fingerprint density at radius 3 is 2.94 bits per heavy atom. The summed E-state index contributed by atoms with van der Waals surface area (Å²) in [5.74, 6) is -0.105. The molecule has 2 heterocycles. The summed E-state index contributed by atoms with van der Waals surface area (Å²) in [6.45, 7) is 0.554. The maximum atomic E-state index is 11.7. The van der Waals surface area contributed by atoms with E-state index in [0.717, 1.165) is 10.2 Å². The van der Waals surface area contributed by atoms with Gasteiger partial charge in [0.1, 0.15) is 4.60 Å². The van der Waals surface area contributed by atoms with Crippen molar-refractivity contribution in [1.82, 2.24) is 10.3 Å². The van der Waals surface area contributed by atoms with Gasteiger partial charge >= 0.3 is 0 Å². The Bertz CT molecular complexity index is 467. The highest BCUT2D eigenvalue weighted by Gasteiger charge is 2.05. The molecule has 1 amide bonds. The minimum atomic E-state index is -0.105. The Balaban J connectivity index is 1.95. The summed E-state index contributed by atoms with van der Waals surface area (Å²) in [7, 11) is 0. The molecular weight excluding hydrogens is 288 g/mol. The molecule has 82 valence electrons. The first-order valence-corrected chi connectivity index (χ1v) is 6.40. The fourth-order valence-electron chi connectivity index (χ4n) is 1.19. The number of nitrogens with one attached hydrogen (secondary N) is 1. The number of nitrogens with zero attached hydrogens (tertiary/aromatic N) is 1. The molecule has 0 aliphatic heterocycles. The minimum Gasteiger partial charge on any atom is -0.348 e. The molecule has 0 saturated heterocycles. The molecule has 0 aliphatic rings. The molecule has 3 nitrogen and oxygen atoms in total. The molecule has 0 fully saturated rings. The van der Waals surface area contributed by atoms with E-state index in [-0.39, 0.29) is 5.91 Å². The van der Waals surface area contributed by atoms with E-state index in [9.17, 15) is 4.79 Å². The van der Waals surface area contributed by atoms with E-state index in [1.54, 1.807) is 29.7 Å². The van der Waals surface area contributed by atoms with Gasteiger partial charge in [-0.15, -0.1) is 0 Å². The fraction of sp³-hybridized carbons (Fsp3) is 0.0909. The zero-order valence-electron chi connectivity index (χ0n) is 8.31. The second kappa shape index (κ2) is 5.23. The topological polar surface area (TPSA) is 42.0 Å². The van der Waals surface area contributed by atoms with Crippen LogP contribution in [0.25, 0.3) is 0 Å². The number of carbonyl (C=O) groups excluding carboxylic acids is 1. The number of thiophene rings is 1. The van der Waals surface area contributed by atoms with Crippen molar-refractivity contribution in [2.24, 2.45) is 0 Å². The number of amides is 1. The van der Waals surface area contributed by atoms with Crippen molar-refractivity contribution >= 4 is 33.2 Å². The molecule has 0 aromatic carbocycles. The van der Waals surface area contributed by atoms with Gasteiger partial charge in [0.05, 0.1) is 5.56 Å². The van der Waals surface area contributed by atoms with Crippen molar-refractivity contribution in [2.45, 2.75) is 6.54 Å². The van der Waals surface area contributed by atoms with Crippen LogP contribution >= 0.6 is 27.3 Å². The van der Waals surface area contributed by atoms with Crippen LogP contribution in [0.15, 0.2) is 39.8 Å². The second-order valence-electron chi connectivity index (χ2n) is 3.18. The van der Waals surface area contributed by atoms with Gasteiger partial charge < -0.3 is 5.32 Å². The quantitative estimate of drug-likeness (QED) is 0.885. The van der Waals surface area contributed by atoms with Crippen molar-refractivity contribution < 1.29 is 4.79 Å². The fourth-order valence-corrected chi connectivity index (χ4v) is 2.09. The van der Waals surface area contributed by atoms with Gasteiger partial charge in [0, 0.05) is 12.7 Å². The normalized spacial score (nSPS) is 10.1. The van der Waals surface area contributed by atoms with Crippen LogP contribution in [0.3, 0.4) is 0 Å². The molecule has 0 saturated carbocycles. The van der Waals surface area contributed by atoms with Gasteiger partial charge in [0.25, 0.3) is 5.91 Å². The van der Waals surface area contributed by atoms with E-state index in [1.165, 1.54) is 0 Å². The molecule has 0 spiro atoms. The van der Waals surface area contributed by atoms with Gasteiger partial charge in [0.15, 0.2) is 0 Å². The second-order valence-corrected chi connectivity index (χ2v) is 4.78. The van der Waals surface area contributed by atoms with Crippen molar-refractivity contribution in [2.75, 3.05) is 0 Å². The van der Waals surface area contributed by atoms with E-state index < -0.39 is 0 Å². The Hall–Kier alpha value is -1.20. The first-order valence-electron chi connectivity index (χ1n) is 4.66. The largest absolute Gasteiger partial charge is 0.348 e. The number of aromatic nitrogens is 1. The number of halogens is 1. The third kappa shape index (κ3) is 2.90. The van der Waals surface area contributed by atoms with Gasteiger partial charge in [-0.1, -0.05) is 0 Å². The maximum absolute atomic E-state index is 11.7. The van der Waals surface area contributed by atoms with Gasteiger partial charge in [0.2, 0.25) is 0 Å². The lowest BCUT2D eigenvalue weighted by atomic mass is 10.2. The molecular formula is C11H9BrN2OS. The van der Waals surface area contributed by atoms with Crippen LogP contribution in [0, 0.1) is 0 Å². The molecule has 2 rings (SSSR count). The van der Waals surface area contributed by atoms with Gasteiger partial charge in [-0.05, 0) is 50.5 Å². The predicted molar refractivity (Wildman–Crippen MR) is 67.4 cm³/mol. The van der Waals surface area contributed by atoms with Crippen LogP contribution in [0.1, 0.15) is 15.9 Å². The molecule has 0 radical (unpaired) electrons. The highest BCUT2D eigenvalue weighted by Crippen LogP contribution is 2.08. The lowest BCUT2D eigenvalue weighted by molar-refractivity contribution is 0.0950. The van der Waals surface area contributed by atoms with Crippen LogP contribution in [0.4, 0.5) is 0 Å². The predicted octanol–water partition coefficient (Wildman–Crippen LogP) is 2.84. The number of hydrogen-bond donors (Lipinski definition) is 1. The van der Waals surface area contributed by atoms with Crippen molar-refractivity contribution in [3.05, 3.63) is 50.9 Å². The molecule has 0 bridgehead atoms. The highest BCUT2D eigenvalue weighted by molar-refractivity contribution is 9.10. The smallest absolute Gasteiger partial charge is 0.253 e. The van der Waals surface area contributed by atoms with Crippen LogP contribution < -0.4 is 5.32 Å². The Labute approximate surface area is 106 Å². The molecule has 0 unspecified atom stereocenters. The average Bonchev–Trinajstić information content (AvgIpc) is 2.80. The molecule has 5 heteroatoms. The summed E-state index contributed by atoms with van der Waals surface area (Å²) in [5.41, 5.74) is 1.68. The van der Waals surface area contributed by atoms with Crippen LogP contribution in [-0.4, -0.2) is 10.9 Å². The van der Waals surface area contributed by atoms with E-state index in [2.05, 4.69) is 26.2 Å². The summed E-state index contributed by atoms with van der Waals surface area (Å²) < 4.78 is 0.724. The highest BCUT2D eigenvalue weighted by atomic mass is 79.9. The molecule has 0 aliphatic carbocycles. The van der Waals surface area contributed by atoms with E-state index >= 15 is 0 Å². The third-order valence-corrected chi connectivity index (χ3v) is 3.22. The molecule has 2 aromatic rings. The summed E-state index contributed by atoms with van der Waals surface area (Å²) in [5, 5.41) is 6.84. The van der Waals surface area contributed by atoms with Crippen molar-refractivity contribution in [3.63, 3.8) is 0 Å². The van der Waals surface area contributed by atoms with E-state index in [1.807, 2.05) is 16.8 Å². The van der Waals surface area contributed by atoms with Gasteiger partial charge in [-0.2, -0.15) is 11.3 Å². The van der Waals surface area contributed by atoms with Crippen LogP contribution in [0.2, 0.25) is 0 Å². The summed E-state index contributed by atoms with van der Waals surface area (Å²) in [4.78, 5) is 15.7. The maximum Gasteiger partial charge on any atom is 0.253 e. The summed E-state index contributed by atoms with van der Waals surface area (Å²) >= 11 is 4.84. The summed E-state index contributed by atoms with van der Waals surface area (Å²) in [6, 6.07) is 5.48. The number of carbonyl (C=O) groups is 1. The lowest BCUT2D eigenvalue weighted by Crippen LogP contribution is -2.22. The first-order chi connectivity index (χ1) is 7.75. The van der Waals surface area contributed by atoms with Crippen LogP contribution in [0.5, 0.6) is 0 Å². The minimum absolute atomic E-state index is 0.105. The molecule has 1 N–H and O–H groups in total. The lowest BCUT2D eigenvalue weighted by Gasteiger charge is -2.03. The standard InChI is InChI=1S/C11H9BrN2OS/c12-10-2-1-9(6-13-10)11(15)14-5-8-3-4-16-7-8/h1-4,6-7H,5H2,(H,14,15). The van der Waals surface area contributed by atoms with Crippen molar-refractivity contribution in [1.29, 1.82) is 0 Å². The Morgan fingerprint density at radius 1 is 1.44 bits per heavy atom.